The lowest BCUT2D eigenvalue weighted by Gasteiger charge is -1.91. The van der Waals surface area contributed by atoms with Crippen LogP contribution in [0.1, 0.15) is 5.56 Å². The van der Waals surface area contributed by atoms with Crippen LogP contribution >= 0.6 is 15.9 Å². The molecule has 0 bridgehead atoms. The summed E-state index contributed by atoms with van der Waals surface area (Å²) in [6, 6.07) is 8.79. The van der Waals surface area contributed by atoms with Crippen LogP contribution in [-0.4, -0.2) is 0 Å². The number of hydrogen-bond acceptors (Lipinski definition) is 0. The molecule has 0 aliphatic carbocycles. The minimum absolute atomic E-state index is 1.15. The van der Waals surface area contributed by atoms with E-state index in [0.29, 0.717) is 0 Å². The number of hydrogen-bond donors (Lipinski definition) is 0. The van der Waals surface area contributed by atoms with Gasteiger partial charge >= 0.3 is 0 Å². The molecular weight excluding hydrogens is 164 g/mol. The van der Waals surface area contributed by atoms with Gasteiger partial charge in [-0.1, -0.05) is 28.1 Å². The van der Waals surface area contributed by atoms with E-state index in [1.807, 2.05) is 25.1 Å². The molecule has 0 heterocycles. The maximum atomic E-state index is 3.38. The summed E-state index contributed by atoms with van der Waals surface area (Å²) in [5, 5.41) is 0. The Morgan fingerprint density at radius 1 is 1.62 bits per heavy atom. The van der Waals surface area contributed by atoms with Crippen LogP contribution in [0.15, 0.2) is 22.7 Å². The number of benzene rings is 1. The number of halogens is 1. The first-order valence-electron chi connectivity index (χ1n) is 2.43. The predicted molar refractivity (Wildman–Crippen MR) is 37.7 cm³/mol. The zero-order valence-corrected chi connectivity index (χ0v) is 6.20. The Hall–Kier alpha value is -0.300. The monoisotopic (exact) mass is 169 g/mol. The average molecular weight is 170 g/mol. The van der Waals surface area contributed by atoms with Gasteiger partial charge in [0.2, 0.25) is 0 Å². The molecule has 0 saturated heterocycles. The van der Waals surface area contributed by atoms with E-state index in [-0.39, 0.29) is 0 Å². The van der Waals surface area contributed by atoms with Gasteiger partial charge in [0.05, 0.1) is 0 Å². The lowest BCUT2D eigenvalue weighted by atomic mass is 10.2. The van der Waals surface area contributed by atoms with E-state index < -0.39 is 0 Å². The molecule has 0 N–H and O–H groups in total. The summed E-state index contributed by atoms with van der Waals surface area (Å²) in [6.45, 7) is 2.04. The first-order valence-corrected chi connectivity index (χ1v) is 3.22. The fourth-order valence-corrected chi connectivity index (χ4v) is 0.741. The Morgan fingerprint density at radius 2 is 2.38 bits per heavy atom. The molecule has 0 saturated carbocycles. The average Bonchev–Trinajstić information content (AvgIpc) is 1.77. The summed E-state index contributed by atoms with van der Waals surface area (Å²) in [4.78, 5) is 0. The Bertz CT molecular complexity index is 160. The molecule has 41 valence electrons. The van der Waals surface area contributed by atoms with Crippen molar-refractivity contribution in [2.45, 2.75) is 6.92 Å². The second kappa shape index (κ2) is 2.31. The molecule has 0 nitrogen and oxygen atoms in total. The third kappa shape index (κ3) is 1.10. The van der Waals surface area contributed by atoms with E-state index in [4.69, 9.17) is 0 Å². The van der Waals surface area contributed by atoms with Gasteiger partial charge in [-0.25, -0.2) is 0 Å². The van der Waals surface area contributed by atoms with Crippen molar-refractivity contribution >= 4 is 15.9 Å². The molecule has 1 rings (SSSR count). The summed E-state index contributed by atoms with van der Waals surface area (Å²) in [5.74, 6) is 0. The molecule has 1 aromatic rings. The van der Waals surface area contributed by atoms with Gasteiger partial charge in [-0.3, -0.25) is 0 Å². The Morgan fingerprint density at radius 3 is 2.75 bits per heavy atom. The van der Waals surface area contributed by atoms with Gasteiger partial charge in [-0.05, 0) is 24.6 Å². The first-order chi connectivity index (χ1) is 3.80. The summed E-state index contributed by atoms with van der Waals surface area (Å²) < 4.78 is 1.15. The smallest absolute Gasteiger partial charge is 0.0204 e. The van der Waals surface area contributed by atoms with Crippen molar-refractivity contribution in [3.63, 3.8) is 0 Å². The summed E-state index contributed by atoms with van der Waals surface area (Å²) >= 11 is 3.38. The van der Waals surface area contributed by atoms with Gasteiger partial charge in [0.15, 0.2) is 0 Å². The highest BCUT2D eigenvalue weighted by Gasteiger charge is 1.86. The van der Waals surface area contributed by atoms with Crippen molar-refractivity contribution in [1.29, 1.82) is 0 Å². The summed E-state index contributed by atoms with van der Waals surface area (Å²) in [7, 11) is 0. The van der Waals surface area contributed by atoms with Crippen LogP contribution in [0.2, 0.25) is 0 Å². The van der Waals surface area contributed by atoms with E-state index in [1.165, 1.54) is 5.56 Å². The first kappa shape index (κ1) is 5.83. The maximum absolute atomic E-state index is 3.38. The standard InChI is InChI=1S/C7H6Br/c1-6-4-2-3-5-7(6)8/h3-5H,1H3. The highest BCUT2D eigenvalue weighted by molar-refractivity contribution is 9.10. The minimum atomic E-state index is 1.15. The van der Waals surface area contributed by atoms with Crippen LogP contribution in [0.25, 0.3) is 0 Å². The second-order valence-corrected chi connectivity index (χ2v) is 2.53. The molecule has 8 heavy (non-hydrogen) atoms. The summed E-state index contributed by atoms with van der Waals surface area (Å²) in [6.07, 6.45) is 0. The van der Waals surface area contributed by atoms with Crippen LogP contribution < -0.4 is 0 Å². The van der Waals surface area contributed by atoms with E-state index in [0.717, 1.165) is 4.47 Å². The predicted octanol–water partition coefficient (Wildman–Crippen LogP) is 2.56. The van der Waals surface area contributed by atoms with Crippen LogP contribution in [0.3, 0.4) is 0 Å². The van der Waals surface area contributed by atoms with Gasteiger partial charge in [0.25, 0.3) is 0 Å². The fraction of sp³-hybridized carbons (Fsp3) is 0.143. The zero-order chi connectivity index (χ0) is 5.98. The van der Waals surface area contributed by atoms with Crippen LogP contribution in [-0.2, 0) is 0 Å². The van der Waals surface area contributed by atoms with Crippen LogP contribution in [0.5, 0.6) is 0 Å². The Kier molecular flexibility index (Phi) is 1.69. The molecule has 0 aliphatic rings. The molecule has 0 aliphatic heterocycles. The normalized spacial score (nSPS) is 9.25. The molecule has 0 unspecified atom stereocenters. The molecule has 0 atom stereocenters. The molecule has 0 amide bonds. The van der Waals surface area contributed by atoms with Gasteiger partial charge < -0.3 is 0 Å². The number of rotatable bonds is 0. The van der Waals surface area contributed by atoms with Crippen molar-refractivity contribution < 1.29 is 0 Å². The van der Waals surface area contributed by atoms with Gasteiger partial charge in [0, 0.05) is 4.47 Å². The third-order valence-electron chi connectivity index (χ3n) is 1.00. The topological polar surface area (TPSA) is 0 Å². The fourth-order valence-electron chi connectivity index (χ4n) is 0.495. The highest BCUT2D eigenvalue weighted by atomic mass is 79.9. The van der Waals surface area contributed by atoms with E-state index in [9.17, 15) is 0 Å². The van der Waals surface area contributed by atoms with Crippen molar-refractivity contribution in [2.75, 3.05) is 0 Å². The molecule has 1 aromatic carbocycles. The Labute approximate surface area is 57.7 Å². The lowest BCUT2D eigenvalue weighted by Crippen LogP contribution is -1.70. The van der Waals surface area contributed by atoms with Crippen LogP contribution in [0.4, 0.5) is 0 Å². The molecule has 1 heteroatoms. The highest BCUT2D eigenvalue weighted by Crippen LogP contribution is 2.12. The van der Waals surface area contributed by atoms with E-state index in [2.05, 4.69) is 22.0 Å². The third-order valence-corrected chi connectivity index (χ3v) is 1.89. The largest absolute Gasteiger partial charge is 0.0532 e. The van der Waals surface area contributed by atoms with Gasteiger partial charge in [0.1, 0.15) is 0 Å². The van der Waals surface area contributed by atoms with Crippen molar-refractivity contribution in [3.8, 4) is 0 Å². The SMILES string of the molecule is Cc1c[c]ccc1Br. The molecule has 1 radical (unpaired) electrons. The number of aryl methyl sites for hydroxylation is 1. The van der Waals surface area contributed by atoms with Crippen LogP contribution in [0, 0.1) is 13.0 Å². The molecule has 0 aromatic heterocycles. The lowest BCUT2D eigenvalue weighted by molar-refractivity contribution is 1.43. The molecule has 0 spiro atoms. The summed E-state index contributed by atoms with van der Waals surface area (Å²) in [5.41, 5.74) is 1.23. The van der Waals surface area contributed by atoms with E-state index >= 15 is 0 Å². The van der Waals surface area contributed by atoms with Crippen molar-refractivity contribution in [2.24, 2.45) is 0 Å². The van der Waals surface area contributed by atoms with Gasteiger partial charge in [-0.2, -0.15) is 0 Å². The minimum Gasteiger partial charge on any atom is -0.0532 e. The molecular formula is C7H6Br. The quantitative estimate of drug-likeness (QED) is 0.561. The van der Waals surface area contributed by atoms with Crippen molar-refractivity contribution in [3.05, 3.63) is 34.3 Å². The maximum Gasteiger partial charge on any atom is 0.0204 e. The van der Waals surface area contributed by atoms with E-state index in [1.54, 1.807) is 0 Å². The van der Waals surface area contributed by atoms with Crippen molar-refractivity contribution in [1.82, 2.24) is 0 Å². The van der Waals surface area contributed by atoms with Gasteiger partial charge in [-0.15, -0.1) is 0 Å². The zero-order valence-electron chi connectivity index (χ0n) is 4.61. The Balaban J connectivity index is 3.13. The second-order valence-electron chi connectivity index (χ2n) is 1.68. The molecule has 0 fully saturated rings.